The van der Waals surface area contributed by atoms with Crippen LogP contribution in [0.5, 0.6) is 0 Å². The predicted molar refractivity (Wildman–Crippen MR) is 107 cm³/mol. The van der Waals surface area contributed by atoms with Crippen LogP contribution in [0.25, 0.3) is 0 Å². The predicted octanol–water partition coefficient (Wildman–Crippen LogP) is 2.57. The van der Waals surface area contributed by atoms with Crippen molar-refractivity contribution in [3.05, 3.63) is 79.6 Å². The van der Waals surface area contributed by atoms with Gasteiger partial charge in [0.25, 0.3) is 11.4 Å². The van der Waals surface area contributed by atoms with Crippen molar-refractivity contribution in [2.45, 2.75) is 12.8 Å². The fourth-order valence-electron chi connectivity index (χ4n) is 3.36. The summed E-state index contributed by atoms with van der Waals surface area (Å²) in [6.07, 6.45) is 0.970. The lowest BCUT2D eigenvalue weighted by molar-refractivity contribution is -0.385. The van der Waals surface area contributed by atoms with Crippen LogP contribution in [0.2, 0.25) is 0 Å². The van der Waals surface area contributed by atoms with Crippen LogP contribution < -0.4 is 0 Å². The quantitative estimate of drug-likeness (QED) is 0.483. The molecule has 3 rings (SSSR count). The van der Waals surface area contributed by atoms with Crippen molar-refractivity contribution in [3.63, 3.8) is 0 Å². The number of piperazine rings is 1. The molecule has 0 aromatic heterocycles. The molecule has 1 aliphatic rings. The third kappa shape index (κ3) is 5.35. The fourth-order valence-corrected chi connectivity index (χ4v) is 3.36. The number of hydrogen-bond donors (Lipinski definition) is 0. The van der Waals surface area contributed by atoms with E-state index in [0.717, 1.165) is 11.6 Å². The third-order valence-corrected chi connectivity index (χ3v) is 5.16. The Morgan fingerprint density at radius 2 is 1.57 bits per heavy atom. The molecule has 1 aliphatic heterocycles. The van der Waals surface area contributed by atoms with E-state index in [1.807, 2.05) is 4.90 Å². The molecule has 0 aliphatic carbocycles. The van der Waals surface area contributed by atoms with Crippen LogP contribution >= 0.6 is 0 Å². The van der Waals surface area contributed by atoms with Crippen molar-refractivity contribution in [2.24, 2.45) is 0 Å². The Labute approximate surface area is 172 Å². The first-order chi connectivity index (χ1) is 14.3. The molecular weight excluding hydrogens is 395 g/mol. The summed E-state index contributed by atoms with van der Waals surface area (Å²) in [5.41, 5.74) is 1.05. The SMILES string of the molecule is O=C1CN(CCc2ccc([N+](=O)[O-])cc2F)CCN1CCc1ccc([N+](=O)[O-])cc1. The van der Waals surface area contributed by atoms with E-state index in [1.165, 1.54) is 24.3 Å². The lowest BCUT2D eigenvalue weighted by Gasteiger charge is -2.34. The molecule has 2 aromatic carbocycles. The van der Waals surface area contributed by atoms with Gasteiger partial charge in [0.1, 0.15) is 5.82 Å². The highest BCUT2D eigenvalue weighted by molar-refractivity contribution is 5.79. The van der Waals surface area contributed by atoms with Gasteiger partial charge in [-0.15, -0.1) is 0 Å². The number of benzene rings is 2. The number of nitro groups is 2. The van der Waals surface area contributed by atoms with E-state index in [4.69, 9.17) is 0 Å². The number of carbonyl (C=O) groups is 1. The second-order valence-electron chi connectivity index (χ2n) is 7.11. The summed E-state index contributed by atoms with van der Waals surface area (Å²) >= 11 is 0. The number of nitrogens with zero attached hydrogens (tertiary/aromatic N) is 4. The summed E-state index contributed by atoms with van der Waals surface area (Å²) < 4.78 is 14.0. The van der Waals surface area contributed by atoms with Crippen LogP contribution in [0.3, 0.4) is 0 Å². The molecule has 1 saturated heterocycles. The van der Waals surface area contributed by atoms with Crippen molar-refractivity contribution in [1.29, 1.82) is 0 Å². The molecule has 9 nitrogen and oxygen atoms in total. The number of nitro benzene ring substituents is 2. The van der Waals surface area contributed by atoms with Gasteiger partial charge in [0, 0.05) is 44.4 Å². The molecule has 0 N–H and O–H groups in total. The summed E-state index contributed by atoms with van der Waals surface area (Å²) in [6, 6.07) is 9.89. The van der Waals surface area contributed by atoms with Crippen LogP contribution in [-0.4, -0.2) is 58.3 Å². The number of non-ortho nitro benzene ring substituents is 2. The van der Waals surface area contributed by atoms with E-state index in [1.54, 1.807) is 17.0 Å². The minimum atomic E-state index is -0.637. The maximum atomic E-state index is 14.0. The van der Waals surface area contributed by atoms with Crippen molar-refractivity contribution >= 4 is 17.3 Å². The van der Waals surface area contributed by atoms with Crippen molar-refractivity contribution in [1.82, 2.24) is 9.80 Å². The van der Waals surface area contributed by atoms with Crippen LogP contribution in [0, 0.1) is 26.0 Å². The fraction of sp³-hybridized carbons (Fsp3) is 0.350. The molecular formula is C20H21FN4O5. The Balaban J connectivity index is 1.46. The molecule has 0 atom stereocenters. The van der Waals surface area contributed by atoms with E-state index in [-0.39, 0.29) is 23.8 Å². The molecule has 1 fully saturated rings. The Kier molecular flexibility index (Phi) is 6.68. The molecule has 0 spiro atoms. The summed E-state index contributed by atoms with van der Waals surface area (Å²) in [6.45, 7) is 2.45. The lowest BCUT2D eigenvalue weighted by Crippen LogP contribution is -2.51. The summed E-state index contributed by atoms with van der Waals surface area (Å²) in [7, 11) is 0. The Hall–Kier alpha value is -3.40. The minimum Gasteiger partial charge on any atom is -0.340 e. The Bertz CT molecular complexity index is 951. The van der Waals surface area contributed by atoms with Gasteiger partial charge in [-0.05, 0) is 30.0 Å². The second kappa shape index (κ2) is 9.40. The first kappa shape index (κ1) is 21.3. The molecule has 1 amide bonds. The summed E-state index contributed by atoms with van der Waals surface area (Å²) in [4.78, 5) is 36.4. The molecule has 1 heterocycles. The molecule has 10 heteroatoms. The first-order valence-corrected chi connectivity index (χ1v) is 9.50. The number of amides is 1. The number of carbonyl (C=O) groups excluding carboxylic acids is 1. The largest absolute Gasteiger partial charge is 0.340 e. The minimum absolute atomic E-state index is 0.0210. The van der Waals surface area contributed by atoms with Crippen LogP contribution in [-0.2, 0) is 17.6 Å². The van der Waals surface area contributed by atoms with Crippen LogP contribution in [0.4, 0.5) is 15.8 Å². The van der Waals surface area contributed by atoms with Gasteiger partial charge in [-0.3, -0.25) is 29.9 Å². The normalized spacial score (nSPS) is 14.7. The summed E-state index contributed by atoms with van der Waals surface area (Å²) in [5.74, 6) is -0.635. The average Bonchev–Trinajstić information content (AvgIpc) is 2.72. The molecule has 0 radical (unpaired) electrons. The van der Waals surface area contributed by atoms with Crippen molar-refractivity contribution in [3.8, 4) is 0 Å². The van der Waals surface area contributed by atoms with E-state index in [9.17, 15) is 29.4 Å². The highest BCUT2D eigenvalue weighted by Gasteiger charge is 2.23. The topological polar surface area (TPSA) is 110 Å². The lowest BCUT2D eigenvalue weighted by atomic mass is 10.1. The van der Waals surface area contributed by atoms with Gasteiger partial charge >= 0.3 is 0 Å². The molecule has 2 aromatic rings. The van der Waals surface area contributed by atoms with Gasteiger partial charge in [-0.1, -0.05) is 12.1 Å². The number of hydrogen-bond acceptors (Lipinski definition) is 6. The first-order valence-electron chi connectivity index (χ1n) is 9.50. The van der Waals surface area contributed by atoms with E-state index in [0.29, 0.717) is 44.6 Å². The van der Waals surface area contributed by atoms with Gasteiger partial charge in [0.05, 0.1) is 22.5 Å². The monoisotopic (exact) mass is 416 g/mol. The zero-order chi connectivity index (χ0) is 21.7. The van der Waals surface area contributed by atoms with Gasteiger partial charge in [-0.2, -0.15) is 0 Å². The van der Waals surface area contributed by atoms with Gasteiger partial charge < -0.3 is 4.90 Å². The zero-order valence-electron chi connectivity index (χ0n) is 16.2. The van der Waals surface area contributed by atoms with E-state index in [2.05, 4.69) is 0 Å². The number of rotatable bonds is 8. The highest BCUT2D eigenvalue weighted by atomic mass is 19.1. The van der Waals surface area contributed by atoms with Crippen molar-refractivity contribution in [2.75, 3.05) is 32.7 Å². The molecule has 0 bridgehead atoms. The standard InChI is InChI=1S/C20H21FN4O5/c21-19-13-18(25(29)30)6-3-16(19)8-9-22-11-12-23(20(26)14-22)10-7-15-1-4-17(5-2-15)24(27)28/h1-6,13H,7-12,14H2. The van der Waals surface area contributed by atoms with E-state index >= 15 is 0 Å². The third-order valence-electron chi connectivity index (χ3n) is 5.16. The Morgan fingerprint density at radius 3 is 2.17 bits per heavy atom. The van der Waals surface area contributed by atoms with Gasteiger partial charge in [0.2, 0.25) is 5.91 Å². The zero-order valence-corrected chi connectivity index (χ0v) is 16.2. The van der Waals surface area contributed by atoms with Gasteiger partial charge in [-0.25, -0.2) is 4.39 Å². The van der Waals surface area contributed by atoms with Crippen LogP contribution in [0.15, 0.2) is 42.5 Å². The molecule has 158 valence electrons. The Morgan fingerprint density at radius 1 is 0.900 bits per heavy atom. The van der Waals surface area contributed by atoms with E-state index < -0.39 is 15.7 Å². The molecule has 30 heavy (non-hydrogen) atoms. The second-order valence-corrected chi connectivity index (χ2v) is 7.11. The maximum absolute atomic E-state index is 14.0. The van der Waals surface area contributed by atoms with Crippen molar-refractivity contribution < 1.29 is 19.0 Å². The average molecular weight is 416 g/mol. The highest BCUT2D eigenvalue weighted by Crippen LogP contribution is 2.18. The van der Waals surface area contributed by atoms with Crippen LogP contribution in [0.1, 0.15) is 11.1 Å². The van der Waals surface area contributed by atoms with Gasteiger partial charge in [0.15, 0.2) is 0 Å². The number of halogens is 1. The molecule has 0 saturated carbocycles. The maximum Gasteiger partial charge on any atom is 0.272 e. The smallest absolute Gasteiger partial charge is 0.272 e. The molecule has 0 unspecified atom stereocenters. The summed E-state index contributed by atoms with van der Waals surface area (Å²) in [5, 5.41) is 21.4.